The third kappa shape index (κ3) is 8.78. The molecule has 1 N–H and O–H groups in total. The van der Waals surface area contributed by atoms with Crippen molar-refractivity contribution in [2.45, 2.75) is 86.5 Å². The second-order valence-electron chi connectivity index (χ2n) is 8.41. The van der Waals surface area contributed by atoms with Gasteiger partial charge in [0.05, 0.1) is 5.92 Å². The van der Waals surface area contributed by atoms with Gasteiger partial charge in [-0.1, -0.05) is 81.6 Å². The lowest BCUT2D eigenvalue weighted by Crippen LogP contribution is -2.34. The van der Waals surface area contributed by atoms with E-state index in [9.17, 15) is 14.7 Å². The van der Waals surface area contributed by atoms with Crippen LogP contribution in [0.4, 0.5) is 0 Å². The maximum Gasteiger partial charge on any atom is 0.310 e. The fourth-order valence-electron chi connectivity index (χ4n) is 4.29. The summed E-state index contributed by atoms with van der Waals surface area (Å²) < 4.78 is 8.17. The van der Waals surface area contributed by atoms with Crippen LogP contribution in [-0.2, 0) is 9.36 Å². The van der Waals surface area contributed by atoms with Crippen molar-refractivity contribution < 1.29 is 19.3 Å². The van der Waals surface area contributed by atoms with E-state index in [0.29, 0.717) is 12.0 Å². The van der Waals surface area contributed by atoms with Gasteiger partial charge in [-0.2, -0.15) is 0 Å². The Balaban J connectivity index is 0.00000379. The number of carboxylic acid groups (broad SMARTS) is 1. The smallest absolute Gasteiger partial charge is 0.310 e. The number of unbranched alkanes of at least 4 members (excludes halogenated alkanes) is 5. The Labute approximate surface area is 179 Å². The van der Waals surface area contributed by atoms with Gasteiger partial charge >= 0.3 is 15.1 Å². The number of hydrogen-bond acceptors (Lipinski definition) is 3. The van der Waals surface area contributed by atoms with Crippen LogP contribution in [0.1, 0.15) is 92.8 Å². The fourth-order valence-corrected chi connectivity index (χ4v) is 4.29. The van der Waals surface area contributed by atoms with Crippen LogP contribution in [0.2, 0.25) is 0 Å². The summed E-state index contributed by atoms with van der Waals surface area (Å²) in [6.45, 7) is 12.1. The van der Waals surface area contributed by atoms with E-state index in [-0.39, 0.29) is 11.7 Å². The van der Waals surface area contributed by atoms with Crippen LogP contribution in [0, 0.1) is 38.5 Å². The summed E-state index contributed by atoms with van der Waals surface area (Å²) in [4.78, 5) is 25.4. The molecule has 0 amide bonds. The van der Waals surface area contributed by atoms with Gasteiger partial charge in [0.25, 0.3) is 0 Å². The molecule has 0 saturated carbocycles. The van der Waals surface area contributed by atoms with Gasteiger partial charge in [0, 0.05) is 11.5 Å². The second kappa shape index (κ2) is 14.4. The largest absolute Gasteiger partial charge is 0.481 e. The van der Waals surface area contributed by atoms with Crippen LogP contribution < -0.4 is 0 Å². The van der Waals surface area contributed by atoms with Gasteiger partial charge in [-0.05, 0) is 44.2 Å². The average Bonchev–Trinajstić information content (AvgIpc) is 2.63. The van der Waals surface area contributed by atoms with Crippen molar-refractivity contribution in [2.24, 2.45) is 17.8 Å². The van der Waals surface area contributed by atoms with Gasteiger partial charge in [-0.25, -0.2) is 0 Å². The molecule has 1 aromatic carbocycles. The molecule has 0 spiro atoms. The van der Waals surface area contributed by atoms with Crippen molar-refractivity contribution in [2.75, 3.05) is 0 Å². The molecule has 3 atom stereocenters. The van der Waals surface area contributed by atoms with E-state index < -0.39 is 17.8 Å². The Morgan fingerprint density at radius 2 is 1.41 bits per heavy atom. The van der Waals surface area contributed by atoms with Crippen molar-refractivity contribution >= 4 is 20.9 Å². The zero-order valence-corrected chi connectivity index (χ0v) is 20.2. The van der Waals surface area contributed by atoms with Gasteiger partial charge in [0.2, 0.25) is 0 Å². The molecule has 3 unspecified atom stereocenters. The number of aliphatic carboxylic acids is 1. The molecule has 0 aliphatic carbocycles. The van der Waals surface area contributed by atoms with Gasteiger partial charge in [-0.3, -0.25) is 9.59 Å². The average molecular weight is 424 g/mol. The number of aryl methyl sites for hydroxylation is 3. The van der Waals surface area contributed by atoms with Crippen LogP contribution in [-0.4, -0.2) is 16.9 Å². The second-order valence-corrected chi connectivity index (χ2v) is 8.41. The molecule has 0 aliphatic rings. The first-order valence-electron chi connectivity index (χ1n) is 10.8. The normalized spacial score (nSPS) is 12.8. The summed E-state index contributed by atoms with van der Waals surface area (Å²) in [5.74, 6) is -1.92. The van der Waals surface area contributed by atoms with E-state index in [4.69, 9.17) is 4.57 Å². The lowest BCUT2D eigenvalue weighted by molar-refractivity contribution is -0.144. The summed E-state index contributed by atoms with van der Waals surface area (Å²) in [7, 11) is 1.17. The van der Waals surface area contributed by atoms with E-state index in [1.54, 1.807) is 0 Å². The van der Waals surface area contributed by atoms with Gasteiger partial charge in [0.1, 0.15) is 0 Å². The molecule has 5 heteroatoms. The van der Waals surface area contributed by atoms with Crippen molar-refractivity contribution in [1.29, 1.82) is 0 Å². The summed E-state index contributed by atoms with van der Waals surface area (Å²) in [6, 6.07) is 4.03. The summed E-state index contributed by atoms with van der Waals surface area (Å²) in [5, 5.41) is 9.86. The Bertz CT molecular complexity index is 631. The maximum absolute atomic E-state index is 13.4. The third-order valence-corrected chi connectivity index (χ3v) is 5.56. The van der Waals surface area contributed by atoms with Crippen molar-refractivity contribution in [1.82, 2.24) is 0 Å². The Morgan fingerprint density at radius 3 is 1.86 bits per heavy atom. The molecule has 0 bridgehead atoms. The number of rotatable bonds is 12. The first-order chi connectivity index (χ1) is 13.7. The SMILES string of the molecule is CCCCCCCCC(C(=O)O)C(C(=O)c1c(C)cc(C)cc1C)C(C)C.O=[PH2+]. The monoisotopic (exact) mass is 423 g/mol. The molecule has 164 valence electrons. The lowest BCUT2D eigenvalue weighted by Gasteiger charge is -2.27. The van der Waals surface area contributed by atoms with Crippen molar-refractivity contribution in [3.8, 4) is 0 Å². The summed E-state index contributed by atoms with van der Waals surface area (Å²) in [6.07, 6.45) is 7.31. The Hall–Kier alpha value is -1.54. The molecule has 29 heavy (non-hydrogen) atoms. The number of benzene rings is 1. The topological polar surface area (TPSA) is 71.4 Å². The van der Waals surface area contributed by atoms with Crippen molar-refractivity contribution in [3.63, 3.8) is 0 Å². The predicted molar refractivity (Wildman–Crippen MR) is 123 cm³/mol. The van der Waals surface area contributed by atoms with E-state index in [1.165, 1.54) is 28.4 Å². The summed E-state index contributed by atoms with van der Waals surface area (Å²) >= 11 is 0. The van der Waals surface area contributed by atoms with Crippen molar-refractivity contribution in [3.05, 3.63) is 34.4 Å². The molecule has 0 heterocycles. The van der Waals surface area contributed by atoms with Gasteiger partial charge in [0.15, 0.2) is 5.78 Å². The minimum Gasteiger partial charge on any atom is -0.481 e. The molecule has 0 fully saturated rings. The van der Waals surface area contributed by atoms with E-state index in [0.717, 1.165) is 36.0 Å². The highest BCUT2D eigenvalue weighted by Gasteiger charge is 2.36. The highest BCUT2D eigenvalue weighted by Crippen LogP contribution is 2.32. The zero-order valence-electron chi connectivity index (χ0n) is 19.1. The van der Waals surface area contributed by atoms with Crippen LogP contribution in [0.5, 0.6) is 0 Å². The quantitative estimate of drug-likeness (QED) is 0.230. The number of hydrogen-bond donors (Lipinski definition) is 1. The molecule has 0 aromatic heterocycles. The number of carboxylic acids is 1. The number of ketones is 1. The fraction of sp³-hybridized carbons (Fsp3) is 0.667. The molecular formula is C24H40O4P+. The molecule has 1 aromatic rings. The first-order valence-corrected chi connectivity index (χ1v) is 11.3. The Kier molecular flexibility index (Phi) is 13.7. The highest BCUT2D eigenvalue weighted by molar-refractivity contribution is 7.00. The van der Waals surface area contributed by atoms with E-state index in [1.807, 2.05) is 46.8 Å². The Morgan fingerprint density at radius 1 is 0.931 bits per heavy atom. The van der Waals surface area contributed by atoms with Crippen LogP contribution in [0.25, 0.3) is 0 Å². The zero-order chi connectivity index (χ0) is 22.6. The van der Waals surface area contributed by atoms with Crippen LogP contribution in [0.15, 0.2) is 12.1 Å². The summed E-state index contributed by atoms with van der Waals surface area (Å²) in [5.41, 5.74) is 3.75. The third-order valence-electron chi connectivity index (χ3n) is 5.56. The lowest BCUT2D eigenvalue weighted by atomic mass is 9.74. The maximum atomic E-state index is 13.4. The number of Topliss-reactive ketones (excluding diaryl/α,β-unsaturated/α-hetero) is 1. The number of carbonyl (C=O) groups excluding carboxylic acids is 1. The molecule has 0 saturated heterocycles. The number of carbonyl (C=O) groups is 2. The van der Waals surface area contributed by atoms with Crippen LogP contribution >= 0.6 is 9.12 Å². The molecule has 0 aliphatic heterocycles. The first kappa shape index (κ1) is 27.5. The molecule has 1 rings (SSSR count). The van der Waals surface area contributed by atoms with Gasteiger partial charge in [-0.15, -0.1) is 0 Å². The molecule has 4 nitrogen and oxygen atoms in total. The minimum atomic E-state index is -0.835. The highest BCUT2D eigenvalue weighted by atomic mass is 31.0. The minimum absolute atomic E-state index is 0.00112. The van der Waals surface area contributed by atoms with Crippen LogP contribution in [0.3, 0.4) is 0 Å². The van der Waals surface area contributed by atoms with Gasteiger partial charge < -0.3 is 5.11 Å². The standard InChI is InChI=1S/C24H38O3.H2OP/c1-7-8-9-10-11-12-13-20(24(26)27)21(16(2)3)23(25)22-18(5)14-17(4)15-19(22)6;1-2/h14-16,20-21H,7-13H2,1-6H3,(H,26,27);2H2/q;+1. The molecule has 0 radical (unpaired) electrons. The predicted octanol–water partition coefficient (Wildman–Crippen LogP) is 6.73. The van der Waals surface area contributed by atoms with E-state index in [2.05, 4.69) is 6.92 Å². The van der Waals surface area contributed by atoms with E-state index >= 15 is 0 Å². The molecular weight excluding hydrogens is 383 g/mol.